The third kappa shape index (κ3) is 8.31. The molecule has 7 nitrogen and oxygen atoms in total. The Kier molecular flexibility index (Phi) is 21.4. The summed E-state index contributed by atoms with van der Waals surface area (Å²) in [6, 6.07) is 2.76. The van der Waals surface area contributed by atoms with Crippen molar-refractivity contribution in [3.63, 3.8) is 0 Å². The van der Waals surface area contributed by atoms with Gasteiger partial charge in [-0.1, -0.05) is 0 Å². The molecule has 1 fully saturated rings. The summed E-state index contributed by atoms with van der Waals surface area (Å²) in [7, 11) is 0. The second-order valence-corrected chi connectivity index (χ2v) is 5.53. The van der Waals surface area contributed by atoms with Crippen LogP contribution >= 0.6 is 0 Å². The largest absolute Gasteiger partial charge is 0.507 e. The van der Waals surface area contributed by atoms with Gasteiger partial charge in [-0.25, -0.2) is 0 Å². The van der Waals surface area contributed by atoms with E-state index in [-0.39, 0.29) is 193 Å². The van der Waals surface area contributed by atoms with E-state index in [0.717, 1.165) is 0 Å². The van der Waals surface area contributed by atoms with Crippen molar-refractivity contribution in [3.8, 4) is 5.75 Å². The molecular formula is C15H20Ac4O7. The first-order chi connectivity index (χ1) is 10.3. The van der Waals surface area contributed by atoms with Gasteiger partial charge in [-0.2, -0.15) is 0 Å². The molecule has 4 radical (unpaired) electrons. The van der Waals surface area contributed by atoms with Crippen LogP contribution in [0.15, 0.2) is 12.1 Å². The Morgan fingerprint density at radius 3 is 2.04 bits per heavy atom. The topological polar surface area (TPSA) is 127 Å². The van der Waals surface area contributed by atoms with Gasteiger partial charge in [0.15, 0.2) is 5.78 Å². The minimum Gasteiger partial charge on any atom is -0.507 e. The predicted molar refractivity (Wildman–Crippen MR) is 75.6 cm³/mol. The molecule has 1 aromatic carbocycles. The second-order valence-electron chi connectivity index (χ2n) is 5.53. The number of aliphatic hydroxyl groups is 4. The number of aromatic hydroxyl groups is 1. The number of phenolic OH excluding ortho intramolecular Hbond substituents is 1. The zero-order valence-corrected chi connectivity index (χ0v) is 33.6. The van der Waals surface area contributed by atoms with E-state index in [4.69, 9.17) is 4.74 Å². The summed E-state index contributed by atoms with van der Waals surface area (Å²) < 4.78 is 5.47. The van der Waals surface area contributed by atoms with Crippen LogP contribution < -0.4 is 0 Å². The average molecular weight is 1220 g/mol. The first kappa shape index (κ1) is 34.9. The van der Waals surface area contributed by atoms with Crippen molar-refractivity contribution in [2.45, 2.75) is 44.4 Å². The Labute approximate surface area is 295 Å². The molecule has 0 saturated carbocycles. The number of benzene rings is 1. The second kappa shape index (κ2) is 16.0. The third-order valence-corrected chi connectivity index (χ3v) is 3.96. The van der Waals surface area contributed by atoms with Gasteiger partial charge in [0.1, 0.15) is 36.3 Å². The summed E-state index contributed by atoms with van der Waals surface area (Å²) in [6.07, 6.45) is -6.43. The van der Waals surface area contributed by atoms with Gasteiger partial charge in [0.05, 0.1) is 12.2 Å². The zero-order valence-electron chi connectivity index (χ0n) is 14.6. The van der Waals surface area contributed by atoms with Crippen LogP contribution in [0.2, 0.25) is 0 Å². The van der Waals surface area contributed by atoms with Gasteiger partial charge in [-0.15, -0.1) is 0 Å². The van der Waals surface area contributed by atoms with Gasteiger partial charge >= 0.3 is 0 Å². The molecule has 1 aliphatic heterocycles. The molecule has 1 saturated heterocycles. The van der Waals surface area contributed by atoms with Crippen molar-refractivity contribution in [3.05, 3.63) is 28.8 Å². The van der Waals surface area contributed by atoms with Gasteiger partial charge in [-0.05, 0) is 37.1 Å². The molecule has 134 valence electrons. The van der Waals surface area contributed by atoms with Gasteiger partial charge in [0.25, 0.3) is 0 Å². The molecule has 0 amide bonds. The Hall–Kier alpha value is 4.26. The average Bonchev–Trinajstić information content (AvgIpc) is 2.46. The van der Waals surface area contributed by atoms with E-state index < -0.39 is 37.1 Å². The van der Waals surface area contributed by atoms with E-state index in [1.807, 2.05) is 0 Å². The number of Topliss-reactive ketones (excluding diaryl/α,β-unsaturated/α-hetero) is 1. The maximum Gasteiger partial charge on any atom is 0.163 e. The fraction of sp³-hybridized carbons (Fsp3) is 0.533. The fourth-order valence-electron chi connectivity index (χ4n) is 2.66. The number of hydrogen-bond donors (Lipinski definition) is 5. The van der Waals surface area contributed by atoms with E-state index in [9.17, 15) is 30.3 Å². The molecule has 1 aromatic rings. The van der Waals surface area contributed by atoms with Crippen LogP contribution in [-0.4, -0.2) is 62.3 Å². The zero-order chi connectivity index (χ0) is 16.6. The van der Waals surface area contributed by atoms with E-state index in [2.05, 4.69) is 0 Å². The van der Waals surface area contributed by atoms with Crippen LogP contribution in [0.5, 0.6) is 5.75 Å². The van der Waals surface area contributed by atoms with Crippen molar-refractivity contribution < 1.29 is 211 Å². The molecule has 0 bridgehead atoms. The van der Waals surface area contributed by atoms with Crippen LogP contribution in [-0.2, 0) is 4.74 Å². The first-order valence-electron chi connectivity index (χ1n) is 6.92. The van der Waals surface area contributed by atoms with Crippen molar-refractivity contribution >= 4 is 5.78 Å². The number of aryl methyl sites for hydroxylation is 1. The van der Waals surface area contributed by atoms with Gasteiger partial charge in [0.2, 0.25) is 0 Å². The maximum atomic E-state index is 11.5. The molecule has 5 N–H and O–H groups in total. The summed E-state index contributed by atoms with van der Waals surface area (Å²) in [5.74, 6) is -0.540. The number of carbonyl (C=O) groups excluding carboxylic acids is 1. The Balaban J connectivity index is -0.00000132. The van der Waals surface area contributed by atoms with Crippen molar-refractivity contribution in [2.24, 2.45) is 0 Å². The molecule has 1 aliphatic rings. The molecule has 0 aromatic heterocycles. The first-order valence-corrected chi connectivity index (χ1v) is 6.92. The molecule has 5 atom stereocenters. The standard InChI is InChI=1S/C15H20O7.4Ac/c1-6-3-10(18)9(7(2)17)4-8(6)15-14(21)13(20)12(19)11(5-16)22-15;;;;/h3-4,11-16,18-21H,5H2,1-2H3;;;;. The van der Waals surface area contributed by atoms with E-state index in [0.29, 0.717) is 11.1 Å². The minimum atomic E-state index is -1.50. The van der Waals surface area contributed by atoms with E-state index in [1.165, 1.54) is 19.1 Å². The van der Waals surface area contributed by atoms with Crippen LogP contribution in [0.25, 0.3) is 0 Å². The number of ether oxygens (including phenoxy) is 1. The Morgan fingerprint density at radius 2 is 1.58 bits per heavy atom. The van der Waals surface area contributed by atoms with Crippen molar-refractivity contribution in [2.75, 3.05) is 6.61 Å². The molecule has 5 unspecified atom stereocenters. The molecular weight excluding hydrogens is 1200 g/mol. The molecule has 1 heterocycles. The van der Waals surface area contributed by atoms with Gasteiger partial charge < -0.3 is 30.3 Å². The Morgan fingerprint density at radius 1 is 1.04 bits per heavy atom. The molecule has 26 heavy (non-hydrogen) atoms. The van der Waals surface area contributed by atoms with Crippen molar-refractivity contribution in [1.29, 1.82) is 0 Å². The monoisotopic (exact) mass is 1220 g/mol. The molecule has 0 spiro atoms. The van der Waals surface area contributed by atoms with E-state index in [1.54, 1.807) is 6.92 Å². The normalized spacial score (nSPS) is 27.1. The molecule has 2 rings (SSSR count). The number of ketones is 1. The summed E-state index contributed by atoms with van der Waals surface area (Å²) >= 11 is 0. The predicted octanol–water partition coefficient (Wildman–Crippen LogP) is -0.582. The summed E-state index contributed by atoms with van der Waals surface area (Å²) in [5, 5.41) is 48.8. The molecule has 11 heteroatoms. The van der Waals surface area contributed by atoms with Crippen LogP contribution in [0.1, 0.15) is 34.5 Å². The van der Waals surface area contributed by atoms with Gasteiger partial charge in [-0.3, -0.25) is 4.79 Å². The fourth-order valence-corrected chi connectivity index (χ4v) is 2.66. The molecule has 0 aliphatic carbocycles. The number of phenols is 1. The van der Waals surface area contributed by atoms with Crippen LogP contribution in [0, 0.1) is 183 Å². The number of hydrogen-bond acceptors (Lipinski definition) is 7. The van der Waals surface area contributed by atoms with Crippen molar-refractivity contribution in [1.82, 2.24) is 0 Å². The minimum absolute atomic E-state index is 0. The van der Waals surface area contributed by atoms with E-state index >= 15 is 0 Å². The number of carbonyl (C=O) groups is 1. The smallest absolute Gasteiger partial charge is 0.163 e. The summed E-state index contributed by atoms with van der Waals surface area (Å²) in [6.45, 7) is 2.42. The van der Waals surface area contributed by atoms with Crippen LogP contribution in [0.3, 0.4) is 0 Å². The Bertz CT molecular complexity index is 585. The van der Waals surface area contributed by atoms with Crippen LogP contribution in [0.4, 0.5) is 0 Å². The SMILES string of the molecule is CC(=O)c1cc(C2OC(CO)C(O)C(O)C2O)c(C)cc1O.[Ac].[Ac].[Ac].[Ac]. The third-order valence-electron chi connectivity index (χ3n) is 3.96. The summed E-state index contributed by atoms with van der Waals surface area (Å²) in [4.78, 5) is 11.5. The quantitative estimate of drug-likeness (QED) is 0.257. The summed E-state index contributed by atoms with van der Waals surface area (Å²) in [5.41, 5.74) is 1.02. The van der Waals surface area contributed by atoms with Gasteiger partial charge in [0, 0.05) is 176 Å². The number of aliphatic hydroxyl groups excluding tert-OH is 4. The number of rotatable bonds is 3. The maximum absolute atomic E-state index is 11.5.